The largest absolute Gasteiger partial charge is 0.347 e. The van der Waals surface area contributed by atoms with E-state index in [4.69, 9.17) is 0 Å². The lowest BCUT2D eigenvalue weighted by molar-refractivity contribution is -0.121. The molecule has 0 radical (unpaired) electrons. The molecule has 0 saturated heterocycles. The van der Waals surface area contributed by atoms with Gasteiger partial charge in [-0.1, -0.05) is 12.1 Å². The summed E-state index contributed by atoms with van der Waals surface area (Å²) in [6.45, 7) is 0.358. The van der Waals surface area contributed by atoms with Crippen molar-refractivity contribution in [1.29, 1.82) is 0 Å². The van der Waals surface area contributed by atoms with Crippen molar-refractivity contribution in [2.24, 2.45) is 5.10 Å². The Balaban J connectivity index is 1.63. The average Bonchev–Trinajstić information content (AvgIpc) is 2.80. The number of carbonyl (C=O) groups excluding carboxylic acids is 3. The number of rotatable bonds is 3. The van der Waals surface area contributed by atoms with Crippen LogP contribution in [0.1, 0.15) is 24.0 Å². The maximum atomic E-state index is 12.0. The maximum absolute atomic E-state index is 12.0. The Morgan fingerprint density at radius 2 is 2.18 bits per heavy atom. The topological polar surface area (TPSA) is 90.9 Å². The number of hydrogen-bond donors (Lipinski definition) is 2. The van der Waals surface area contributed by atoms with Crippen molar-refractivity contribution >= 4 is 29.1 Å². The van der Waals surface area contributed by atoms with E-state index in [1.807, 2.05) is 18.2 Å². The van der Waals surface area contributed by atoms with Crippen molar-refractivity contribution in [2.45, 2.75) is 25.8 Å². The SMILES string of the molecule is CN1C(=O)Cc2cc(CNC(=O)C3=NNC(=O)CC3)ccc21. The Bertz CT molecular complexity index is 696. The van der Waals surface area contributed by atoms with Crippen molar-refractivity contribution in [2.75, 3.05) is 11.9 Å². The lowest BCUT2D eigenvalue weighted by atomic mass is 10.1. The van der Waals surface area contributed by atoms with Gasteiger partial charge in [0.2, 0.25) is 11.8 Å². The van der Waals surface area contributed by atoms with Gasteiger partial charge in [-0.3, -0.25) is 14.4 Å². The first-order valence-corrected chi connectivity index (χ1v) is 7.06. The fraction of sp³-hybridized carbons (Fsp3) is 0.333. The predicted molar refractivity (Wildman–Crippen MR) is 80.2 cm³/mol. The second-order valence-corrected chi connectivity index (χ2v) is 5.37. The molecule has 0 aliphatic carbocycles. The van der Waals surface area contributed by atoms with Crippen LogP contribution in [0.3, 0.4) is 0 Å². The predicted octanol–water partition coefficient (Wildman–Crippen LogP) is 0.0877. The minimum Gasteiger partial charge on any atom is -0.347 e. The molecule has 2 aliphatic rings. The standard InChI is InChI=1S/C15H16N4O3/c1-19-12-4-2-9(6-10(12)7-14(19)21)8-16-15(22)11-3-5-13(20)18-17-11/h2,4,6H,3,5,7-8H2,1H3,(H,16,22)(H,18,20). The molecule has 7 nitrogen and oxygen atoms in total. The fourth-order valence-corrected chi connectivity index (χ4v) is 2.56. The number of nitrogens with zero attached hydrogens (tertiary/aromatic N) is 2. The normalized spacial score (nSPS) is 17.0. The van der Waals surface area contributed by atoms with Crippen LogP contribution in [-0.4, -0.2) is 30.5 Å². The third kappa shape index (κ3) is 2.69. The number of likely N-dealkylation sites (N-methyl/N-ethyl adjacent to an activating group) is 1. The molecule has 1 aromatic rings. The first kappa shape index (κ1) is 14.2. The number of fused-ring (bicyclic) bond motifs is 1. The van der Waals surface area contributed by atoms with Gasteiger partial charge in [0, 0.05) is 32.1 Å². The lowest BCUT2D eigenvalue weighted by Gasteiger charge is -2.13. The second-order valence-electron chi connectivity index (χ2n) is 5.37. The average molecular weight is 300 g/mol. The minimum absolute atomic E-state index is 0.0727. The molecule has 0 atom stereocenters. The summed E-state index contributed by atoms with van der Waals surface area (Å²) < 4.78 is 0. The fourth-order valence-electron chi connectivity index (χ4n) is 2.56. The van der Waals surface area contributed by atoms with E-state index >= 15 is 0 Å². The number of anilines is 1. The molecule has 0 bridgehead atoms. The summed E-state index contributed by atoms with van der Waals surface area (Å²) in [7, 11) is 1.76. The first-order valence-electron chi connectivity index (χ1n) is 7.06. The Labute approximate surface area is 127 Å². The summed E-state index contributed by atoms with van der Waals surface area (Å²) >= 11 is 0. The maximum Gasteiger partial charge on any atom is 0.267 e. The van der Waals surface area contributed by atoms with Gasteiger partial charge in [-0.05, 0) is 17.2 Å². The lowest BCUT2D eigenvalue weighted by Crippen LogP contribution is -2.36. The van der Waals surface area contributed by atoms with Crippen molar-refractivity contribution in [3.05, 3.63) is 29.3 Å². The number of benzene rings is 1. The van der Waals surface area contributed by atoms with Gasteiger partial charge >= 0.3 is 0 Å². The van der Waals surface area contributed by atoms with Gasteiger partial charge in [0.15, 0.2) is 0 Å². The molecule has 0 unspecified atom stereocenters. The quantitative estimate of drug-likeness (QED) is 0.828. The summed E-state index contributed by atoms with van der Waals surface area (Å²) in [5, 5.41) is 6.53. The van der Waals surface area contributed by atoms with E-state index in [9.17, 15) is 14.4 Å². The zero-order valence-electron chi connectivity index (χ0n) is 12.2. The summed E-state index contributed by atoms with van der Waals surface area (Å²) in [5.74, 6) is -0.388. The highest BCUT2D eigenvalue weighted by molar-refractivity contribution is 6.39. The second kappa shape index (κ2) is 5.59. The monoisotopic (exact) mass is 300 g/mol. The van der Waals surface area contributed by atoms with Crippen molar-refractivity contribution < 1.29 is 14.4 Å². The molecule has 0 aromatic heterocycles. The van der Waals surface area contributed by atoms with Gasteiger partial charge in [-0.2, -0.15) is 5.10 Å². The van der Waals surface area contributed by atoms with Crippen LogP contribution in [-0.2, 0) is 27.3 Å². The summed E-state index contributed by atoms with van der Waals surface area (Å²) in [6, 6.07) is 5.71. The Hall–Kier alpha value is -2.70. The van der Waals surface area contributed by atoms with Gasteiger partial charge in [0.1, 0.15) is 5.71 Å². The number of nitrogens with one attached hydrogen (secondary N) is 2. The zero-order valence-corrected chi connectivity index (χ0v) is 12.2. The van der Waals surface area contributed by atoms with Crippen LogP contribution in [0.5, 0.6) is 0 Å². The van der Waals surface area contributed by atoms with Crippen molar-refractivity contribution in [3.8, 4) is 0 Å². The van der Waals surface area contributed by atoms with Crippen LogP contribution in [0.4, 0.5) is 5.69 Å². The molecule has 2 N–H and O–H groups in total. The number of hydrogen-bond acceptors (Lipinski definition) is 4. The van der Waals surface area contributed by atoms with Crippen LogP contribution in [0.15, 0.2) is 23.3 Å². The summed E-state index contributed by atoms with van der Waals surface area (Å²) in [5.41, 5.74) is 5.45. The van der Waals surface area contributed by atoms with Crippen LogP contribution in [0.2, 0.25) is 0 Å². The van der Waals surface area contributed by atoms with Gasteiger partial charge in [0.05, 0.1) is 6.42 Å². The Kier molecular flexibility index (Phi) is 3.62. The van der Waals surface area contributed by atoms with Gasteiger partial charge in [-0.25, -0.2) is 5.43 Å². The molecule has 3 amide bonds. The molecule has 0 fully saturated rings. The molecule has 1 aromatic carbocycles. The molecular formula is C15H16N4O3. The van der Waals surface area contributed by atoms with Crippen molar-refractivity contribution in [3.63, 3.8) is 0 Å². The number of hydrazone groups is 1. The van der Waals surface area contributed by atoms with Crippen molar-refractivity contribution in [1.82, 2.24) is 10.7 Å². The highest BCUT2D eigenvalue weighted by atomic mass is 16.2. The third-order valence-corrected chi connectivity index (χ3v) is 3.84. The van der Waals surface area contributed by atoms with E-state index in [0.717, 1.165) is 16.8 Å². The van der Waals surface area contributed by atoms with E-state index in [-0.39, 0.29) is 24.1 Å². The smallest absolute Gasteiger partial charge is 0.267 e. The van der Waals surface area contributed by atoms with E-state index in [1.54, 1.807) is 11.9 Å². The molecule has 2 aliphatic heterocycles. The third-order valence-electron chi connectivity index (χ3n) is 3.84. The van der Waals surface area contributed by atoms with Crippen LogP contribution < -0.4 is 15.6 Å². The van der Waals surface area contributed by atoms with Crippen LogP contribution in [0, 0.1) is 0 Å². The summed E-state index contributed by atoms with van der Waals surface area (Å²) in [6.07, 6.45) is 1.02. The van der Waals surface area contributed by atoms with Gasteiger partial charge in [0.25, 0.3) is 5.91 Å². The number of amides is 3. The molecule has 0 spiro atoms. The van der Waals surface area contributed by atoms with Gasteiger partial charge < -0.3 is 10.2 Å². The molecular weight excluding hydrogens is 284 g/mol. The Morgan fingerprint density at radius 1 is 1.36 bits per heavy atom. The summed E-state index contributed by atoms with van der Waals surface area (Å²) in [4.78, 5) is 36.2. The molecule has 3 rings (SSSR count). The first-order chi connectivity index (χ1) is 10.5. The minimum atomic E-state index is -0.284. The van der Waals surface area contributed by atoms with E-state index < -0.39 is 0 Å². The molecule has 22 heavy (non-hydrogen) atoms. The molecule has 7 heteroatoms. The number of carbonyl (C=O) groups is 3. The zero-order chi connectivity index (χ0) is 15.7. The van der Waals surface area contributed by atoms with Gasteiger partial charge in [-0.15, -0.1) is 0 Å². The van der Waals surface area contributed by atoms with E-state index in [2.05, 4.69) is 15.8 Å². The molecule has 0 saturated carbocycles. The highest BCUT2D eigenvalue weighted by Crippen LogP contribution is 2.28. The Morgan fingerprint density at radius 3 is 2.91 bits per heavy atom. The van der Waals surface area contributed by atoms with E-state index in [1.165, 1.54) is 0 Å². The van der Waals surface area contributed by atoms with Crippen LogP contribution >= 0.6 is 0 Å². The highest BCUT2D eigenvalue weighted by Gasteiger charge is 2.24. The molecule has 2 heterocycles. The van der Waals surface area contributed by atoms with E-state index in [0.29, 0.717) is 25.1 Å². The van der Waals surface area contributed by atoms with Crippen LogP contribution in [0.25, 0.3) is 0 Å². The molecule has 114 valence electrons.